The van der Waals surface area contributed by atoms with E-state index in [0.717, 1.165) is 64.2 Å². The quantitative estimate of drug-likeness (QED) is 0.0261. The standard InChI is InChI=1S/C64H120O6/c1-4-7-10-13-16-19-22-25-28-30-32-34-36-39-42-45-48-51-54-57-63(66)69-60-61(59-68-62(65)56-53-50-47-44-41-38-35-27-24-21-18-15-12-9-6-3)70-64(67)58-55-52-49-46-43-40-37-33-31-29-26-23-20-17-14-11-8-5-2/h25,27-28,35,61H,4-24,26,29-34,36-60H2,1-3H3/b28-25-,35-27-. The number of unbranched alkanes of at least 4 members (excludes halogenated alkanes) is 43. The number of carbonyl (C=O) groups is 3. The predicted molar refractivity (Wildman–Crippen MR) is 303 cm³/mol. The second-order valence-corrected chi connectivity index (χ2v) is 21.3. The van der Waals surface area contributed by atoms with Gasteiger partial charge in [-0.25, -0.2) is 0 Å². The summed E-state index contributed by atoms with van der Waals surface area (Å²) in [6.45, 7) is 6.69. The molecule has 6 nitrogen and oxygen atoms in total. The number of esters is 3. The number of allylic oxidation sites excluding steroid dienone is 4. The van der Waals surface area contributed by atoms with E-state index >= 15 is 0 Å². The van der Waals surface area contributed by atoms with Crippen LogP contribution in [-0.4, -0.2) is 37.2 Å². The lowest BCUT2D eigenvalue weighted by Gasteiger charge is -2.18. The summed E-state index contributed by atoms with van der Waals surface area (Å²) in [5.41, 5.74) is 0. The largest absolute Gasteiger partial charge is 0.462 e. The van der Waals surface area contributed by atoms with Crippen molar-refractivity contribution in [3.05, 3.63) is 24.3 Å². The van der Waals surface area contributed by atoms with E-state index in [1.54, 1.807) is 0 Å². The van der Waals surface area contributed by atoms with Crippen LogP contribution in [0.15, 0.2) is 24.3 Å². The summed E-state index contributed by atoms with van der Waals surface area (Å²) in [5.74, 6) is -0.855. The fraction of sp³-hybridized carbons (Fsp3) is 0.891. The highest BCUT2D eigenvalue weighted by Crippen LogP contribution is 2.17. The van der Waals surface area contributed by atoms with Gasteiger partial charge in [-0.15, -0.1) is 0 Å². The molecule has 0 amide bonds. The molecule has 6 heteroatoms. The van der Waals surface area contributed by atoms with Gasteiger partial charge in [0.15, 0.2) is 6.10 Å². The molecular formula is C64H120O6. The van der Waals surface area contributed by atoms with Crippen LogP contribution >= 0.6 is 0 Å². The Hall–Kier alpha value is -2.11. The van der Waals surface area contributed by atoms with E-state index in [0.29, 0.717) is 19.3 Å². The average Bonchev–Trinajstić information content (AvgIpc) is 3.36. The van der Waals surface area contributed by atoms with Crippen LogP contribution in [0, 0.1) is 0 Å². The molecule has 0 bridgehead atoms. The van der Waals surface area contributed by atoms with E-state index in [9.17, 15) is 14.4 Å². The first-order valence-electron chi connectivity index (χ1n) is 31.3. The van der Waals surface area contributed by atoms with Gasteiger partial charge in [-0.05, 0) is 70.6 Å². The van der Waals surface area contributed by atoms with Crippen LogP contribution in [0.1, 0.15) is 348 Å². The van der Waals surface area contributed by atoms with Gasteiger partial charge in [0.25, 0.3) is 0 Å². The van der Waals surface area contributed by atoms with Gasteiger partial charge in [0.2, 0.25) is 0 Å². The third-order valence-electron chi connectivity index (χ3n) is 14.2. The van der Waals surface area contributed by atoms with Crippen LogP contribution in [0.3, 0.4) is 0 Å². The van der Waals surface area contributed by atoms with E-state index in [1.807, 2.05) is 0 Å². The summed E-state index contributed by atoms with van der Waals surface area (Å²) in [7, 11) is 0. The van der Waals surface area contributed by atoms with Crippen molar-refractivity contribution in [2.45, 2.75) is 354 Å². The fourth-order valence-corrected chi connectivity index (χ4v) is 9.44. The fourth-order valence-electron chi connectivity index (χ4n) is 9.44. The molecule has 0 aromatic heterocycles. The van der Waals surface area contributed by atoms with Crippen LogP contribution in [0.5, 0.6) is 0 Å². The van der Waals surface area contributed by atoms with Crippen molar-refractivity contribution in [3.63, 3.8) is 0 Å². The molecule has 70 heavy (non-hydrogen) atoms. The van der Waals surface area contributed by atoms with Crippen LogP contribution in [-0.2, 0) is 28.6 Å². The Labute approximate surface area is 436 Å². The maximum absolute atomic E-state index is 12.9. The Morgan fingerprint density at radius 1 is 0.271 bits per heavy atom. The molecule has 1 atom stereocenters. The van der Waals surface area contributed by atoms with Crippen molar-refractivity contribution in [3.8, 4) is 0 Å². The second kappa shape index (κ2) is 59.5. The molecule has 0 spiro atoms. The molecule has 0 radical (unpaired) electrons. The Morgan fingerprint density at radius 2 is 0.471 bits per heavy atom. The number of carbonyl (C=O) groups excluding carboxylic acids is 3. The monoisotopic (exact) mass is 985 g/mol. The van der Waals surface area contributed by atoms with Crippen molar-refractivity contribution >= 4 is 17.9 Å². The van der Waals surface area contributed by atoms with Crippen molar-refractivity contribution in [2.24, 2.45) is 0 Å². The lowest BCUT2D eigenvalue weighted by molar-refractivity contribution is -0.167. The average molecular weight is 986 g/mol. The molecule has 0 saturated carbocycles. The van der Waals surface area contributed by atoms with Crippen LogP contribution in [0.25, 0.3) is 0 Å². The smallest absolute Gasteiger partial charge is 0.306 e. The normalized spacial score (nSPS) is 12.1. The van der Waals surface area contributed by atoms with Crippen molar-refractivity contribution in [1.82, 2.24) is 0 Å². The molecule has 0 fully saturated rings. The van der Waals surface area contributed by atoms with Crippen LogP contribution in [0.4, 0.5) is 0 Å². The first kappa shape index (κ1) is 67.9. The van der Waals surface area contributed by atoms with Crippen molar-refractivity contribution < 1.29 is 28.6 Å². The summed E-state index contributed by atoms with van der Waals surface area (Å²) >= 11 is 0. The molecule has 0 aromatic rings. The summed E-state index contributed by atoms with van der Waals surface area (Å²) in [6, 6.07) is 0. The zero-order valence-corrected chi connectivity index (χ0v) is 47.3. The minimum absolute atomic E-state index is 0.0701. The molecule has 0 N–H and O–H groups in total. The zero-order valence-electron chi connectivity index (χ0n) is 47.3. The number of ether oxygens (including phenoxy) is 3. The molecule has 0 aromatic carbocycles. The molecule has 412 valence electrons. The molecule has 0 saturated heterocycles. The Bertz CT molecular complexity index is 1130. The predicted octanol–water partition coefficient (Wildman–Crippen LogP) is 21.1. The lowest BCUT2D eigenvalue weighted by atomic mass is 10.0. The molecule has 0 rings (SSSR count). The van der Waals surface area contributed by atoms with Crippen molar-refractivity contribution in [2.75, 3.05) is 13.2 Å². The molecule has 0 aliphatic heterocycles. The minimum atomic E-state index is -0.772. The SMILES string of the molecule is CCCCCCCC/C=C\CCCCCCCCCCCC(=O)OCC(COC(=O)CCCCCCC/C=C\CCCCCCCC)OC(=O)CCCCCCCCCCCCCCCCCCCC. The van der Waals surface area contributed by atoms with Gasteiger partial charge in [0.05, 0.1) is 0 Å². The Kier molecular flexibility index (Phi) is 57.7. The Balaban J connectivity index is 4.32. The Morgan fingerprint density at radius 3 is 0.714 bits per heavy atom. The third kappa shape index (κ3) is 56.8. The van der Waals surface area contributed by atoms with Crippen LogP contribution in [0.2, 0.25) is 0 Å². The summed E-state index contributed by atoms with van der Waals surface area (Å²) in [6.07, 6.45) is 70.3. The van der Waals surface area contributed by atoms with Gasteiger partial charge in [-0.2, -0.15) is 0 Å². The molecule has 0 aliphatic rings. The molecule has 1 unspecified atom stereocenters. The summed E-state index contributed by atoms with van der Waals surface area (Å²) < 4.78 is 16.9. The highest BCUT2D eigenvalue weighted by atomic mass is 16.6. The molecule has 0 aliphatic carbocycles. The van der Waals surface area contributed by atoms with Gasteiger partial charge in [-0.1, -0.05) is 283 Å². The van der Waals surface area contributed by atoms with Crippen LogP contribution < -0.4 is 0 Å². The maximum atomic E-state index is 12.9. The van der Waals surface area contributed by atoms with Gasteiger partial charge in [-0.3, -0.25) is 14.4 Å². The highest BCUT2D eigenvalue weighted by molar-refractivity contribution is 5.71. The zero-order chi connectivity index (χ0) is 50.7. The van der Waals surface area contributed by atoms with Crippen molar-refractivity contribution in [1.29, 1.82) is 0 Å². The first-order chi connectivity index (χ1) is 34.5. The van der Waals surface area contributed by atoms with Gasteiger partial charge in [0, 0.05) is 19.3 Å². The summed E-state index contributed by atoms with van der Waals surface area (Å²) in [5, 5.41) is 0. The molecule has 0 heterocycles. The van der Waals surface area contributed by atoms with E-state index in [2.05, 4.69) is 45.1 Å². The van der Waals surface area contributed by atoms with Gasteiger partial charge in [0.1, 0.15) is 13.2 Å². The van der Waals surface area contributed by atoms with E-state index in [-0.39, 0.29) is 31.1 Å². The molecular weight excluding hydrogens is 865 g/mol. The van der Waals surface area contributed by atoms with E-state index in [4.69, 9.17) is 14.2 Å². The van der Waals surface area contributed by atoms with E-state index < -0.39 is 6.10 Å². The number of hydrogen-bond acceptors (Lipinski definition) is 6. The van der Waals surface area contributed by atoms with Gasteiger partial charge >= 0.3 is 17.9 Å². The third-order valence-corrected chi connectivity index (χ3v) is 14.2. The van der Waals surface area contributed by atoms with Gasteiger partial charge < -0.3 is 14.2 Å². The maximum Gasteiger partial charge on any atom is 0.306 e. The number of rotatable bonds is 58. The number of hydrogen-bond donors (Lipinski definition) is 0. The topological polar surface area (TPSA) is 78.9 Å². The summed E-state index contributed by atoms with van der Waals surface area (Å²) in [4.78, 5) is 38.3. The van der Waals surface area contributed by atoms with E-state index in [1.165, 1.54) is 244 Å². The second-order valence-electron chi connectivity index (χ2n) is 21.3. The minimum Gasteiger partial charge on any atom is -0.462 e. The lowest BCUT2D eigenvalue weighted by Crippen LogP contribution is -2.30. The highest BCUT2D eigenvalue weighted by Gasteiger charge is 2.19. The first-order valence-corrected chi connectivity index (χ1v) is 31.3.